The summed E-state index contributed by atoms with van der Waals surface area (Å²) in [4.78, 5) is 17.4. The van der Waals surface area contributed by atoms with Gasteiger partial charge in [0, 0.05) is 0 Å². The maximum Gasteiger partial charge on any atom is 0.535 e. The smallest absolute Gasteiger partial charge is 0.433 e. The van der Waals surface area contributed by atoms with E-state index in [1.165, 1.54) is 0 Å². The van der Waals surface area contributed by atoms with Crippen LogP contribution in [0.25, 0.3) is 11.0 Å². The summed E-state index contributed by atoms with van der Waals surface area (Å²) in [5, 5.41) is 7.58. The molecule has 0 saturated carbocycles. The molecule has 1 aromatic heterocycles. The zero-order valence-electron chi connectivity index (χ0n) is 10.4. The van der Waals surface area contributed by atoms with Crippen molar-refractivity contribution in [3.05, 3.63) is 24.3 Å². The van der Waals surface area contributed by atoms with E-state index in [1.54, 1.807) is 12.1 Å². The van der Waals surface area contributed by atoms with E-state index >= 15 is 0 Å². The Morgan fingerprint density at radius 1 is 1.39 bits per heavy atom. The van der Waals surface area contributed by atoms with E-state index in [0.29, 0.717) is 23.6 Å². The zero-order chi connectivity index (χ0) is 13.0. The summed E-state index contributed by atoms with van der Waals surface area (Å²) in [6, 6.07) is 7.20. The first-order chi connectivity index (χ1) is 8.66. The Kier molecular flexibility index (Phi) is 3.76. The summed E-state index contributed by atoms with van der Waals surface area (Å²) in [7, 11) is 0. The van der Waals surface area contributed by atoms with E-state index in [-0.39, 0.29) is 0 Å². The first kappa shape index (κ1) is 12.3. The van der Waals surface area contributed by atoms with Crippen LogP contribution in [0.4, 0.5) is 4.79 Å². The molecule has 0 N–H and O–H groups in total. The monoisotopic (exact) mass is 249 g/mol. The van der Waals surface area contributed by atoms with Crippen molar-refractivity contribution >= 4 is 17.2 Å². The van der Waals surface area contributed by atoms with Crippen LogP contribution >= 0.6 is 0 Å². The van der Waals surface area contributed by atoms with Crippen LogP contribution in [0.1, 0.15) is 20.3 Å². The highest BCUT2D eigenvalue weighted by Gasteiger charge is 2.10. The molecule has 6 nitrogen and oxygen atoms in total. The number of carbonyl (C=O) groups is 1. The molecule has 0 aliphatic heterocycles. The van der Waals surface area contributed by atoms with Gasteiger partial charge in [-0.15, -0.1) is 5.10 Å². The van der Waals surface area contributed by atoms with Crippen molar-refractivity contribution < 1.29 is 14.4 Å². The van der Waals surface area contributed by atoms with E-state index in [2.05, 4.69) is 24.2 Å². The van der Waals surface area contributed by atoms with Crippen LogP contribution < -0.4 is 4.84 Å². The lowest BCUT2D eigenvalue weighted by molar-refractivity contribution is 0.0371. The molecule has 1 aromatic carbocycles. The predicted octanol–water partition coefficient (Wildman–Crippen LogP) is 2.04. The topological polar surface area (TPSA) is 66.2 Å². The highest BCUT2D eigenvalue weighted by Crippen LogP contribution is 2.08. The Balaban J connectivity index is 1.95. The fourth-order valence-corrected chi connectivity index (χ4v) is 1.39. The SMILES string of the molecule is CC(C)CCOC(=O)On1nnc2ccccc21. The van der Waals surface area contributed by atoms with Gasteiger partial charge in [0.05, 0.1) is 6.61 Å². The maximum atomic E-state index is 11.4. The number of aromatic nitrogens is 3. The summed E-state index contributed by atoms with van der Waals surface area (Å²) in [5.74, 6) is 0.477. The third-order valence-corrected chi connectivity index (χ3v) is 2.40. The number of carbonyl (C=O) groups excluding carboxylic acids is 1. The molecule has 2 rings (SSSR count). The molecule has 0 fully saturated rings. The minimum atomic E-state index is -0.772. The van der Waals surface area contributed by atoms with Crippen molar-refractivity contribution in [2.75, 3.05) is 6.61 Å². The van der Waals surface area contributed by atoms with E-state index in [4.69, 9.17) is 9.57 Å². The Bertz CT molecular complexity index is 536. The number of rotatable bonds is 4. The number of benzene rings is 1. The van der Waals surface area contributed by atoms with E-state index in [1.807, 2.05) is 12.1 Å². The molecule has 0 bridgehead atoms. The van der Waals surface area contributed by atoms with Crippen LogP contribution in [0.15, 0.2) is 24.3 Å². The molecular weight excluding hydrogens is 234 g/mol. The first-order valence-corrected chi connectivity index (χ1v) is 5.82. The quantitative estimate of drug-likeness (QED) is 0.612. The lowest BCUT2D eigenvalue weighted by Crippen LogP contribution is -2.22. The molecule has 18 heavy (non-hydrogen) atoms. The molecule has 0 radical (unpaired) electrons. The summed E-state index contributed by atoms with van der Waals surface area (Å²) in [5.41, 5.74) is 1.28. The molecule has 1 heterocycles. The summed E-state index contributed by atoms with van der Waals surface area (Å²) < 4.78 is 4.93. The van der Waals surface area contributed by atoms with E-state index < -0.39 is 6.16 Å². The third kappa shape index (κ3) is 2.97. The lowest BCUT2D eigenvalue weighted by atomic mass is 10.1. The van der Waals surface area contributed by atoms with Gasteiger partial charge >= 0.3 is 6.16 Å². The molecule has 0 saturated heterocycles. The van der Waals surface area contributed by atoms with Crippen molar-refractivity contribution in [3.63, 3.8) is 0 Å². The molecule has 0 atom stereocenters. The van der Waals surface area contributed by atoms with Crippen LogP contribution in [0.2, 0.25) is 0 Å². The fourth-order valence-electron chi connectivity index (χ4n) is 1.39. The molecular formula is C12H15N3O3. The van der Waals surface area contributed by atoms with Crippen molar-refractivity contribution in [2.24, 2.45) is 5.92 Å². The van der Waals surface area contributed by atoms with Crippen molar-refractivity contribution in [2.45, 2.75) is 20.3 Å². The number of ether oxygens (including phenoxy) is 1. The fraction of sp³-hybridized carbons (Fsp3) is 0.417. The van der Waals surface area contributed by atoms with Gasteiger partial charge in [-0.1, -0.05) is 30.8 Å². The highest BCUT2D eigenvalue weighted by atomic mass is 16.8. The van der Waals surface area contributed by atoms with E-state index in [9.17, 15) is 4.79 Å². The number of para-hydroxylation sites is 1. The Morgan fingerprint density at radius 2 is 2.17 bits per heavy atom. The van der Waals surface area contributed by atoms with Gasteiger partial charge < -0.3 is 4.74 Å². The second kappa shape index (κ2) is 5.48. The minimum absolute atomic E-state index is 0.336. The number of hydrogen-bond donors (Lipinski definition) is 0. The molecule has 0 amide bonds. The third-order valence-electron chi connectivity index (χ3n) is 2.40. The normalized spacial score (nSPS) is 10.8. The standard InChI is InChI=1S/C12H15N3O3/c1-9(2)7-8-17-12(16)18-15-11-6-4-3-5-10(11)13-14-15/h3-6,9H,7-8H2,1-2H3. The summed E-state index contributed by atoms with van der Waals surface area (Å²) in [6.07, 6.45) is 0.0269. The van der Waals surface area contributed by atoms with Gasteiger partial charge in [-0.25, -0.2) is 4.79 Å². The van der Waals surface area contributed by atoms with Crippen LogP contribution in [-0.4, -0.2) is 27.9 Å². The van der Waals surface area contributed by atoms with Crippen molar-refractivity contribution in [3.8, 4) is 0 Å². The van der Waals surface area contributed by atoms with Gasteiger partial charge in [0.1, 0.15) is 11.0 Å². The molecule has 0 spiro atoms. The van der Waals surface area contributed by atoms with Crippen molar-refractivity contribution in [1.29, 1.82) is 0 Å². The van der Waals surface area contributed by atoms with Gasteiger partial charge in [0.2, 0.25) is 0 Å². The summed E-state index contributed by atoms with van der Waals surface area (Å²) in [6.45, 7) is 4.45. The largest absolute Gasteiger partial charge is 0.535 e. The van der Waals surface area contributed by atoms with Crippen LogP contribution in [0, 0.1) is 5.92 Å². The van der Waals surface area contributed by atoms with Gasteiger partial charge in [-0.3, -0.25) is 4.84 Å². The molecule has 0 unspecified atom stereocenters. The van der Waals surface area contributed by atoms with Gasteiger partial charge in [0.15, 0.2) is 0 Å². The lowest BCUT2D eigenvalue weighted by Gasteiger charge is -2.06. The maximum absolute atomic E-state index is 11.4. The minimum Gasteiger partial charge on any atom is -0.433 e. The van der Waals surface area contributed by atoms with Gasteiger partial charge in [-0.05, 0) is 29.7 Å². The number of fused-ring (bicyclic) bond motifs is 1. The second-order valence-electron chi connectivity index (χ2n) is 4.32. The Labute approximate surface area is 104 Å². The van der Waals surface area contributed by atoms with Crippen molar-refractivity contribution in [1.82, 2.24) is 15.2 Å². The first-order valence-electron chi connectivity index (χ1n) is 5.82. The molecule has 0 aliphatic carbocycles. The summed E-state index contributed by atoms with van der Waals surface area (Å²) >= 11 is 0. The zero-order valence-corrected chi connectivity index (χ0v) is 10.4. The van der Waals surface area contributed by atoms with Crippen LogP contribution in [0.5, 0.6) is 0 Å². The number of nitrogens with zero attached hydrogens (tertiary/aromatic N) is 3. The average molecular weight is 249 g/mol. The second-order valence-corrected chi connectivity index (χ2v) is 4.32. The van der Waals surface area contributed by atoms with Gasteiger partial charge in [-0.2, -0.15) is 0 Å². The average Bonchev–Trinajstić information content (AvgIpc) is 2.72. The Morgan fingerprint density at radius 3 is 2.94 bits per heavy atom. The van der Waals surface area contributed by atoms with Crippen LogP contribution in [-0.2, 0) is 4.74 Å². The van der Waals surface area contributed by atoms with E-state index in [0.717, 1.165) is 11.3 Å². The Hall–Kier alpha value is -2.11. The molecule has 0 aliphatic rings. The molecule has 6 heteroatoms. The van der Waals surface area contributed by atoms with Crippen LogP contribution in [0.3, 0.4) is 0 Å². The molecule has 2 aromatic rings. The number of hydrogen-bond acceptors (Lipinski definition) is 5. The molecule has 96 valence electrons. The highest BCUT2D eigenvalue weighted by molar-refractivity contribution is 5.74. The van der Waals surface area contributed by atoms with Gasteiger partial charge in [0.25, 0.3) is 0 Å². The predicted molar refractivity (Wildman–Crippen MR) is 64.9 cm³/mol.